The molecule has 2 aliphatic rings. The van der Waals surface area contributed by atoms with E-state index in [1.165, 1.54) is 0 Å². The Balaban J connectivity index is 1.64. The number of hydrogen-bond donors (Lipinski definition) is 2. The van der Waals surface area contributed by atoms with Gasteiger partial charge in [-0.05, 0) is 54.2 Å². The van der Waals surface area contributed by atoms with Crippen molar-refractivity contribution >= 4 is 5.91 Å². The Hall–Kier alpha value is -2.54. The number of ether oxygens (including phenoxy) is 1. The highest BCUT2D eigenvalue weighted by molar-refractivity contribution is 5.95. The molecule has 142 valence electrons. The lowest BCUT2D eigenvalue weighted by Crippen LogP contribution is -2.42. The van der Waals surface area contributed by atoms with E-state index in [2.05, 4.69) is 5.32 Å². The van der Waals surface area contributed by atoms with Crippen LogP contribution in [0, 0.1) is 23.4 Å². The molecular formula is C20H18F3NO3. The third kappa shape index (κ3) is 3.27. The molecule has 0 unspecified atom stereocenters. The molecule has 0 saturated heterocycles. The molecule has 1 amide bonds. The van der Waals surface area contributed by atoms with Gasteiger partial charge in [-0.15, -0.1) is 0 Å². The van der Waals surface area contributed by atoms with E-state index >= 15 is 0 Å². The predicted molar refractivity (Wildman–Crippen MR) is 90.9 cm³/mol. The molecule has 2 N–H and O–H groups in total. The Morgan fingerprint density at radius 2 is 1.89 bits per heavy atom. The van der Waals surface area contributed by atoms with E-state index in [0.29, 0.717) is 25.5 Å². The van der Waals surface area contributed by atoms with Gasteiger partial charge in [-0.3, -0.25) is 4.79 Å². The second kappa shape index (κ2) is 6.88. The SMILES string of the molecule is O=C(N[C@H](c1ccc2c(c1)CCO2)C1CC(O)C1)c1c(F)ccc(F)c1F. The van der Waals surface area contributed by atoms with Gasteiger partial charge >= 0.3 is 0 Å². The average Bonchev–Trinajstić information content (AvgIpc) is 3.08. The summed E-state index contributed by atoms with van der Waals surface area (Å²) in [6.07, 6.45) is 1.21. The summed E-state index contributed by atoms with van der Waals surface area (Å²) in [4.78, 5) is 12.5. The number of carbonyl (C=O) groups excluding carboxylic acids is 1. The lowest BCUT2D eigenvalue weighted by Gasteiger charge is -2.38. The van der Waals surface area contributed by atoms with E-state index in [9.17, 15) is 23.1 Å². The molecule has 0 spiro atoms. The highest BCUT2D eigenvalue weighted by Gasteiger charge is 2.37. The Morgan fingerprint density at radius 3 is 2.63 bits per heavy atom. The topological polar surface area (TPSA) is 58.6 Å². The van der Waals surface area contributed by atoms with Crippen LogP contribution in [0.3, 0.4) is 0 Å². The average molecular weight is 377 g/mol. The maximum Gasteiger partial charge on any atom is 0.257 e. The van der Waals surface area contributed by atoms with Crippen LogP contribution in [0.25, 0.3) is 0 Å². The number of halogens is 3. The Labute approximate surface area is 154 Å². The van der Waals surface area contributed by atoms with Crippen molar-refractivity contribution < 1.29 is 27.8 Å². The molecule has 1 fully saturated rings. The van der Waals surface area contributed by atoms with Crippen molar-refractivity contribution in [1.82, 2.24) is 5.32 Å². The first kappa shape index (κ1) is 17.9. The molecule has 7 heteroatoms. The third-order valence-electron chi connectivity index (χ3n) is 5.25. The summed E-state index contributed by atoms with van der Waals surface area (Å²) in [5, 5.41) is 12.3. The van der Waals surface area contributed by atoms with Gasteiger partial charge < -0.3 is 15.2 Å². The normalized spacial score (nSPS) is 21.8. The van der Waals surface area contributed by atoms with Crippen LogP contribution >= 0.6 is 0 Å². The number of amides is 1. The van der Waals surface area contributed by atoms with E-state index in [0.717, 1.165) is 29.4 Å². The predicted octanol–water partition coefficient (Wildman–Crippen LogP) is 3.28. The summed E-state index contributed by atoms with van der Waals surface area (Å²) < 4.78 is 46.8. The number of nitrogens with one attached hydrogen (secondary N) is 1. The summed E-state index contributed by atoms with van der Waals surface area (Å²) in [6, 6.07) is 6.31. The fraction of sp³-hybridized carbons (Fsp3) is 0.350. The summed E-state index contributed by atoms with van der Waals surface area (Å²) in [5.74, 6) is -4.24. The minimum Gasteiger partial charge on any atom is -0.493 e. The van der Waals surface area contributed by atoms with Gasteiger partial charge in [0.2, 0.25) is 0 Å². The minimum atomic E-state index is -1.51. The van der Waals surface area contributed by atoms with Gasteiger partial charge in [-0.2, -0.15) is 0 Å². The maximum atomic E-state index is 14.0. The van der Waals surface area contributed by atoms with Crippen molar-refractivity contribution in [1.29, 1.82) is 0 Å². The molecule has 2 aromatic carbocycles. The van der Waals surface area contributed by atoms with E-state index in [-0.39, 0.29) is 5.92 Å². The first-order chi connectivity index (χ1) is 12.9. The zero-order valence-corrected chi connectivity index (χ0v) is 14.3. The lowest BCUT2D eigenvalue weighted by atomic mass is 9.74. The first-order valence-electron chi connectivity index (χ1n) is 8.82. The number of benzene rings is 2. The summed E-state index contributed by atoms with van der Waals surface area (Å²) in [7, 11) is 0. The second-order valence-electron chi connectivity index (χ2n) is 7.02. The fourth-order valence-corrected chi connectivity index (χ4v) is 3.72. The number of hydrogen-bond acceptors (Lipinski definition) is 3. The maximum absolute atomic E-state index is 14.0. The van der Waals surface area contributed by atoms with Gasteiger partial charge in [-0.1, -0.05) is 6.07 Å². The van der Waals surface area contributed by atoms with Crippen LogP contribution in [0.5, 0.6) is 5.75 Å². The van der Waals surface area contributed by atoms with Crippen molar-refractivity contribution in [2.45, 2.75) is 31.4 Å². The van der Waals surface area contributed by atoms with Crippen LogP contribution in [0.1, 0.15) is 40.4 Å². The van der Waals surface area contributed by atoms with Gasteiger partial charge in [-0.25, -0.2) is 13.2 Å². The largest absolute Gasteiger partial charge is 0.493 e. The molecule has 1 atom stereocenters. The number of rotatable bonds is 4. The van der Waals surface area contributed by atoms with Crippen molar-refractivity contribution in [3.63, 3.8) is 0 Å². The standard InChI is InChI=1S/C20H18F3NO3/c21-14-2-3-15(22)18(23)17(14)20(26)24-19(12-8-13(25)9-12)11-1-4-16-10(7-11)5-6-27-16/h1-4,7,12-13,19,25H,5-6,8-9H2,(H,24,26)/t12?,13?,19-/m1/s1. The van der Waals surface area contributed by atoms with E-state index in [1.807, 2.05) is 6.07 Å². The van der Waals surface area contributed by atoms with Crippen molar-refractivity contribution in [2.24, 2.45) is 5.92 Å². The van der Waals surface area contributed by atoms with Gasteiger partial charge in [0.25, 0.3) is 5.91 Å². The monoisotopic (exact) mass is 377 g/mol. The quantitative estimate of drug-likeness (QED) is 0.804. The van der Waals surface area contributed by atoms with E-state index in [1.54, 1.807) is 12.1 Å². The van der Waals surface area contributed by atoms with Crippen LogP contribution < -0.4 is 10.1 Å². The Morgan fingerprint density at radius 1 is 1.15 bits per heavy atom. The molecule has 1 heterocycles. The molecule has 27 heavy (non-hydrogen) atoms. The molecule has 2 aromatic rings. The van der Waals surface area contributed by atoms with Crippen LogP contribution in [-0.4, -0.2) is 23.7 Å². The third-order valence-corrected chi connectivity index (χ3v) is 5.25. The fourth-order valence-electron chi connectivity index (χ4n) is 3.72. The van der Waals surface area contributed by atoms with Crippen LogP contribution in [0.15, 0.2) is 30.3 Å². The number of aliphatic hydroxyl groups is 1. The van der Waals surface area contributed by atoms with E-state index < -0.39 is 41.1 Å². The molecule has 1 aliphatic heterocycles. The van der Waals surface area contributed by atoms with Crippen molar-refractivity contribution in [3.8, 4) is 5.75 Å². The number of carbonyl (C=O) groups is 1. The molecule has 0 aromatic heterocycles. The summed E-state index contributed by atoms with van der Waals surface area (Å²) in [5.41, 5.74) is 0.820. The second-order valence-corrected chi connectivity index (χ2v) is 7.02. The molecular weight excluding hydrogens is 359 g/mol. The number of fused-ring (bicyclic) bond motifs is 1. The molecule has 0 bridgehead atoms. The van der Waals surface area contributed by atoms with Gasteiger partial charge in [0.05, 0.1) is 18.8 Å². The molecule has 1 saturated carbocycles. The molecule has 1 aliphatic carbocycles. The van der Waals surface area contributed by atoms with Gasteiger partial charge in [0.1, 0.15) is 17.1 Å². The van der Waals surface area contributed by atoms with Gasteiger partial charge in [0.15, 0.2) is 11.6 Å². The number of aliphatic hydroxyl groups excluding tert-OH is 1. The van der Waals surface area contributed by atoms with Crippen LogP contribution in [0.2, 0.25) is 0 Å². The van der Waals surface area contributed by atoms with Crippen LogP contribution in [0.4, 0.5) is 13.2 Å². The van der Waals surface area contributed by atoms with Gasteiger partial charge in [0, 0.05) is 6.42 Å². The molecule has 4 rings (SSSR count). The molecule has 4 nitrogen and oxygen atoms in total. The summed E-state index contributed by atoms with van der Waals surface area (Å²) in [6.45, 7) is 0.581. The Bertz CT molecular complexity index is 896. The smallest absolute Gasteiger partial charge is 0.257 e. The Kier molecular flexibility index (Phi) is 4.55. The van der Waals surface area contributed by atoms with Crippen LogP contribution in [-0.2, 0) is 6.42 Å². The lowest BCUT2D eigenvalue weighted by molar-refractivity contribution is 0.0234. The van der Waals surface area contributed by atoms with Crippen molar-refractivity contribution in [2.75, 3.05) is 6.61 Å². The zero-order chi connectivity index (χ0) is 19.1. The summed E-state index contributed by atoms with van der Waals surface area (Å²) >= 11 is 0. The minimum absolute atomic E-state index is 0.0796. The van der Waals surface area contributed by atoms with Crippen molar-refractivity contribution in [3.05, 3.63) is 64.5 Å². The highest BCUT2D eigenvalue weighted by Crippen LogP contribution is 2.40. The zero-order valence-electron chi connectivity index (χ0n) is 14.3. The first-order valence-corrected chi connectivity index (χ1v) is 8.82. The highest BCUT2D eigenvalue weighted by atomic mass is 19.2. The molecule has 0 radical (unpaired) electrons. The van der Waals surface area contributed by atoms with E-state index in [4.69, 9.17) is 4.74 Å².